The summed E-state index contributed by atoms with van der Waals surface area (Å²) in [6, 6.07) is 0. The molecular weight excluding hydrogens is 228 g/mol. The molecule has 1 heterocycles. The second kappa shape index (κ2) is 5.18. The zero-order valence-corrected chi connectivity index (χ0v) is 11.4. The van der Waals surface area contributed by atoms with E-state index in [4.69, 9.17) is 5.73 Å². The molecule has 0 spiro atoms. The van der Waals surface area contributed by atoms with Crippen molar-refractivity contribution in [1.29, 1.82) is 0 Å². The van der Waals surface area contributed by atoms with Gasteiger partial charge in [-0.1, -0.05) is 26.2 Å². The number of nitrogens with zero attached hydrogens (tertiary/aromatic N) is 2. The average molecular weight is 252 g/mol. The van der Waals surface area contributed by atoms with Crippen LogP contribution in [0.25, 0.3) is 0 Å². The Morgan fingerprint density at radius 3 is 2.56 bits per heavy atom. The van der Waals surface area contributed by atoms with E-state index in [2.05, 4.69) is 10.4 Å². The van der Waals surface area contributed by atoms with E-state index in [9.17, 15) is 5.11 Å². The van der Waals surface area contributed by atoms with Crippen LogP contribution < -0.4 is 11.1 Å². The Labute approximate surface area is 108 Å². The number of aliphatic hydroxyl groups is 1. The van der Waals surface area contributed by atoms with Gasteiger partial charge in [-0.3, -0.25) is 4.68 Å². The van der Waals surface area contributed by atoms with Crippen LogP contribution in [0.3, 0.4) is 0 Å². The van der Waals surface area contributed by atoms with Crippen LogP contribution in [0.15, 0.2) is 0 Å². The van der Waals surface area contributed by atoms with Crippen LogP contribution in [0, 0.1) is 0 Å². The Morgan fingerprint density at radius 1 is 1.39 bits per heavy atom. The maximum Gasteiger partial charge on any atom is 0.148 e. The summed E-state index contributed by atoms with van der Waals surface area (Å²) in [4.78, 5) is 0. The monoisotopic (exact) mass is 252 g/mol. The Balaban J connectivity index is 2.24. The molecule has 102 valence electrons. The highest BCUT2D eigenvalue weighted by Crippen LogP contribution is 2.34. The van der Waals surface area contributed by atoms with E-state index in [1.165, 1.54) is 6.42 Å². The Kier molecular flexibility index (Phi) is 3.80. The molecule has 1 aliphatic carbocycles. The second-order valence-electron chi connectivity index (χ2n) is 5.31. The maximum atomic E-state index is 9.72. The van der Waals surface area contributed by atoms with E-state index in [1.54, 1.807) is 4.68 Å². The molecule has 0 bridgehead atoms. The standard InChI is InChI=1S/C13H24N4O/c1-3-10-11(14)12(17(2)16-10)15-13(9-18)7-5-4-6-8-13/h15,18H,3-9,14H2,1-2H3. The van der Waals surface area contributed by atoms with Gasteiger partial charge in [0, 0.05) is 7.05 Å². The van der Waals surface area contributed by atoms with Crippen molar-refractivity contribution in [3.05, 3.63) is 5.69 Å². The van der Waals surface area contributed by atoms with Crippen LogP contribution in [-0.2, 0) is 13.5 Å². The number of nitrogens with two attached hydrogens (primary N) is 1. The van der Waals surface area contributed by atoms with Crippen LogP contribution in [0.5, 0.6) is 0 Å². The SMILES string of the molecule is CCc1nn(C)c(NC2(CO)CCCCC2)c1N. The van der Waals surface area contributed by atoms with Crippen LogP contribution in [0.4, 0.5) is 11.5 Å². The van der Waals surface area contributed by atoms with Gasteiger partial charge in [-0.25, -0.2) is 0 Å². The van der Waals surface area contributed by atoms with Crippen molar-refractivity contribution < 1.29 is 5.11 Å². The van der Waals surface area contributed by atoms with E-state index < -0.39 is 0 Å². The fourth-order valence-electron chi connectivity index (χ4n) is 2.81. The topological polar surface area (TPSA) is 76.1 Å². The Morgan fingerprint density at radius 2 is 2.06 bits per heavy atom. The first kappa shape index (κ1) is 13.2. The largest absolute Gasteiger partial charge is 0.394 e. The number of nitrogens with one attached hydrogen (secondary N) is 1. The highest BCUT2D eigenvalue weighted by Gasteiger charge is 2.32. The number of rotatable bonds is 4. The lowest BCUT2D eigenvalue weighted by atomic mass is 9.82. The molecule has 0 atom stereocenters. The van der Waals surface area contributed by atoms with Gasteiger partial charge in [0.15, 0.2) is 0 Å². The molecule has 4 N–H and O–H groups in total. The molecule has 0 aromatic carbocycles. The molecule has 5 nitrogen and oxygen atoms in total. The Bertz CT molecular complexity index is 407. The number of aromatic nitrogens is 2. The minimum Gasteiger partial charge on any atom is -0.394 e. The van der Waals surface area contributed by atoms with E-state index in [0.29, 0.717) is 0 Å². The molecule has 5 heteroatoms. The lowest BCUT2D eigenvalue weighted by Crippen LogP contribution is -2.44. The molecule has 0 radical (unpaired) electrons. The first-order chi connectivity index (χ1) is 8.62. The molecule has 1 aliphatic rings. The van der Waals surface area contributed by atoms with Crippen molar-refractivity contribution in [2.45, 2.75) is 51.0 Å². The molecule has 0 saturated heterocycles. The summed E-state index contributed by atoms with van der Waals surface area (Å²) < 4.78 is 1.79. The lowest BCUT2D eigenvalue weighted by molar-refractivity contribution is 0.172. The number of hydrogen-bond acceptors (Lipinski definition) is 4. The van der Waals surface area contributed by atoms with E-state index in [-0.39, 0.29) is 12.1 Å². The Hall–Kier alpha value is -1.23. The van der Waals surface area contributed by atoms with Gasteiger partial charge in [-0.05, 0) is 19.3 Å². The summed E-state index contributed by atoms with van der Waals surface area (Å²) in [5.74, 6) is 0.850. The zero-order valence-electron chi connectivity index (χ0n) is 11.4. The van der Waals surface area contributed by atoms with E-state index >= 15 is 0 Å². The van der Waals surface area contributed by atoms with Crippen LogP contribution in [-0.4, -0.2) is 27.0 Å². The third-order valence-electron chi connectivity index (χ3n) is 3.99. The molecule has 1 aromatic rings. The van der Waals surface area contributed by atoms with Gasteiger partial charge in [0.2, 0.25) is 0 Å². The van der Waals surface area contributed by atoms with Crippen molar-refractivity contribution in [2.75, 3.05) is 17.7 Å². The number of hydrogen-bond donors (Lipinski definition) is 3. The first-order valence-electron chi connectivity index (χ1n) is 6.82. The quantitative estimate of drug-likeness (QED) is 0.762. The summed E-state index contributed by atoms with van der Waals surface area (Å²) in [5.41, 5.74) is 7.54. The lowest BCUT2D eigenvalue weighted by Gasteiger charge is -2.37. The van der Waals surface area contributed by atoms with Crippen molar-refractivity contribution in [3.63, 3.8) is 0 Å². The average Bonchev–Trinajstić information content (AvgIpc) is 2.67. The summed E-state index contributed by atoms with van der Waals surface area (Å²) in [7, 11) is 1.89. The smallest absolute Gasteiger partial charge is 0.148 e. The van der Waals surface area contributed by atoms with Gasteiger partial charge >= 0.3 is 0 Å². The van der Waals surface area contributed by atoms with Gasteiger partial charge in [0.25, 0.3) is 0 Å². The fraction of sp³-hybridized carbons (Fsp3) is 0.769. The molecule has 0 aliphatic heterocycles. The molecular formula is C13H24N4O. The molecule has 2 rings (SSSR count). The molecule has 0 unspecified atom stereocenters. The van der Waals surface area contributed by atoms with Crippen molar-refractivity contribution >= 4 is 11.5 Å². The molecule has 1 aromatic heterocycles. The number of aliphatic hydroxyl groups excluding tert-OH is 1. The summed E-state index contributed by atoms with van der Waals surface area (Å²) >= 11 is 0. The van der Waals surface area contributed by atoms with E-state index in [1.807, 2.05) is 14.0 Å². The molecule has 0 amide bonds. The second-order valence-corrected chi connectivity index (χ2v) is 5.31. The first-order valence-corrected chi connectivity index (χ1v) is 6.82. The number of anilines is 2. The van der Waals surface area contributed by atoms with Crippen molar-refractivity contribution in [3.8, 4) is 0 Å². The van der Waals surface area contributed by atoms with E-state index in [0.717, 1.165) is 49.3 Å². The van der Waals surface area contributed by atoms with Gasteiger partial charge in [-0.2, -0.15) is 5.10 Å². The highest BCUT2D eigenvalue weighted by atomic mass is 16.3. The highest BCUT2D eigenvalue weighted by molar-refractivity contribution is 5.66. The third kappa shape index (κ3) is 2.32. The van der Waals surface area contributed by atoms with Crippen molar-refractivity contribution in [2.24, 2.45) is 7.05 Å². The van der Waals surface area contributed by atoms with Gasteiger partial charge in [-0.15, -0.1) is 0 Å². The molecule has 1 fully saturated rings. The summed E-state index contributed by atoms with van der Waals surface area (Å²) in [6.45, 7) is 2.20. The maximum absolute atomic E-state index is 9.72. The third-order valence-corrected chi connectivity index (χ3v) is 3.99. The van der Waals surface area contributed by atoms with Crippen molar-refractivity contribution in [1.82, 2.24) is 9.78 Å². The van der Waals surface area contributed by atoms with Gasteiger partial charge in [0.05, 0.1) is 23.5 Å². The predicted molar refractivity (Wildman–Crippen MR) is 73.5 cm³/mol. The predicted octanol–water partition coefficient (Wildman–Crippen LogP) is 1.67. The fourth-order valence-corrected chi connectivity index (χ4v) is 2.81. The number of aryl methyl sites for hydroxylation is 2. The summed E-state index contributed by atoms with van der Waals surface area (Å²) in [6.07, 6.45) is 6.39. The van der Waals surface area contributed by atoms with Crippen LogP contribution in [0.1, 0.15) is 44.7 Å². The van der Waals surface area contributed by atoms with Gasteiger partial charge in [0.1, 0.15) is 5.82 Å². The molecule has 18 heavy (non-hydrogen) atoms. The number of nitrogen functional groups attached to an aromatic ring is 1. The molecule has 1 saturated carbocycles. The van der Waals surface area contributed by atoms with Gasteiger partial charge < -0.3 is 16.2 Å². The summed E-state index contributed by atoms with van der Waals surface area (Å²) in [5, 5.41) is 17.6. The minimum atomic E-state index is -0.217. The minimum absolute atomic E-state index is 0.152. The van der Waals surface area contributed by atoms with Crippen LogP contribution >= 0.6 is 0 Å². The van der Waals surface area contributed by atoms with Crippen LogP contribution in [0.2, 0.25) is 0 Å². The zero-order chi connectivity index (χ0) is 13.2. The normalized spacial score (nSPS) is 18.8.